The molecule has 1 aromatic heterocycles. The number of ether oxygens (including phenoxy) is 3. The number of fused-ring (bicyclic) bond motifs is 1. The van der Waals surface area contributed by atoms with Crippen molar-refractivity contribution in [2.24, 2.45) is 0 Å². The lowest BCUT2D eigenvalue weighted by Gasteiger charge is -2.29. The number of rotatable bonds is 5. The Morgan fingerprint density at radius 1 is 1.04 bits per heavy atom. The maximum Gasteiger partial charge on any atom is 0.244 e. The highest BCUT2D eigenvalue weighted by atomic mass is 16.7. The number of benzene rings is 2. The second-order valence-electron chi connectivity index (χ2n) is 6.08. The molecule has 2 heterocycles. The predicted octanol–water partition coefficient (Wildman–Crippen LogP) is 3.88. The van der Waals surface area contributed by atoms with Gasteiger partial charge in [-0.05, 0) is 29.8 Å². The Hall–Kier alpha value is -3.05. The Kier molecular flexibility index (Phi) is 4.71. The van der Waals surface area contributed by atoms with Gasteiger partial charge in [0.2, 0.25) is 6.29 Å². The van der Waals surface area contributed by atoms with Gasteiger partial charge in [0.05, 0.1) is 18.7 Å². The fourth-order valence-electron chi connectivity index (χ4n) is 2.86. The molecule has 0 radical (unpaired) electrons. The van der Waals surface area contributed by atoms with E-state index in [1.807, 2.05) is 42.5 Å². The lowest BCUT2D eigenvalue weighted by molar-refractivity contribution is -0.0502. The Labute approximate surface area is 151 Å². The summed E-state index contributed by atoms with van der Waals surface area (Å²) in [5.41, 5.74) is 1.83. The predicted molar refractivity (Wildman–Crippen MR) is 96.1 cm³/mol. The first-order valence-corrected chi connectivity index (χ1v) is 8.50. The molecule has 0 saturated carbocycles. The van der Waals surface area contributed by atoms with Crippen LogP contribution in [0, 0.1) is 0 Å². The molecule has 2 aromatic carbocycles. The molecule has 0 saturated heterocycles. The number of aromatic nitrogens is 1. The van der Waals surface area contributed by atoms with Gasteiger partial charge in [-0.2, -0.15) is 0 Å². The zero-order chi connectivity index (χ0) is 17.8. The highest BCUT2D eigenvalue weighted by molar-refractivity contribution is 5.43. The van der Waals surface area contributed by atoms with Crippen LogP contribution in [-0.2, 0) is 6.61 Å². The zero-order valence-electron chi connectivity index (χ0n) is 14.1. The van der Waals surface area contributed by atoms with E-state index < -0.39 is 12.4 Å². The van der Waals surface area contributed by atoms with Crippen molar-refractivity contribution >= 4 is 0 Å². The number of aliphatic hydroxyl groups is 1. The largest absolute Gasteiger partial charge is 0.489 e. The van der Waals surface area contributed by atoms with Gasteiger partial charge in [0, 0.05) is 17.8 Å². The van der Waals surface area contributed by atoms with E-state index in [2.05, 4.69) is 4.98 Å². The number of hydrogen-bond acceptors (Lipinski definition) is 5. The highest BCUT2D eigenvalue weighted by Gasteiger charge is 2.28. The van der Waals surface area contributed by atoms with Crippen molar-refractivity contribution in [2.45, 2.75) is 25.4 Å². The molecule has 1 aliphatic heterocycles. The third-order valence-corrected chi connectivity index (χ3v) is 4.17. The van der Waals surface area contributed by atoms with Crippen LogP contribution < -0.4 is 14.2 Å². The van der Waals surface area contributed by atoms with E-state index in [0.717, 1.165) is 11.1 Å². The number of pyridine rings is 1. The van der Waals surface area contributed by atoms with Crippen LogP contribution in [0.2, 0.25) is 0 Å². The maximum atomic E-state index is 10.4. The maximum absolute atomic E-state index is 10.4. The Balaban J connectivity index is 1.47. The monoisotopic (exact) mass is 349 g/mol. The summed E-state index contributed by atoms with van der Waals surface area (Å²) in [5.74, 6) is 1.86. The minimum atomic E-state index is -0.649. The first-order chi connectivity index (χ1) is 12.8. The standard InChI is InChI=1S/C21H19NO4/c23-19-12-21(25-17-7-4-10-22-13-17)26-20-11-16(8-9-18(19)20)24-14-15-5-2-1-3-6-15/h1-11,13,19,21,23H,12,14H2. The first kappa shape index (κ1) is 16.4. The van der Waals surface area contributed by atoms with E-state index in [9.17, 15) is 5.11 Å². The molecule has 5 heteroatoms. The van der Waals surface area contributed by atoms with E-state index in [0.29, 0.717) is 30.3 Å². The normalized spacial score (nSPS) is 18.5. The van der Waals surface area contributed by atoms with Gasteiger partial charge in [-0.3, -0.25) is 4.98 Å². The number of nitrogens with zero attached hydrogens (tertiary/aromatic N) is 1. The van der Waals surface area contributed by atoms with Gasteiger partial charge in [0.25, 0.3) is 0 Å². The van der Waals surface area contributed by atoms with Crippen molar-refractivity contribution in [3.8, 4) is 17.2 Å². The third kappa shape index (κ3) is 3.78. The van der Waals surface area contributed by atoms with Crippen molar-refractivity contribution in [2.75, 3.05) is 0 Å². The second kappa shape index (κ2) is 7.45. The minimum absolute atomic E-state index is 0.353. The smallest absolute Gasteiger partial charge is 0.244 e. The van der Waals surface area contributed by atoms with E-state index in [-0.39, 0.29) is 0 Å². The Morgan fingerprint density at radius 3 is 2.73 bits per heavy atom. The van der Waals surface area contributed by atoms with Crippen molar-refractivity contribution in [3.63, 3.8) is 0 Å². The lowest BCUT2D eigenvalue weighted by Crippen LogP contribution is -2.30. The van der Waals surface area contributed by atoms with Crippen molar-refractivity contribution in [3.05, 3.63) is 84.2 Å². The van der Waals surface area contributed by atoms with Gasteiger partial charge < -0.3 is 19.3 Å². The van der Waals surface area contributed by atoms with Crippen molar-refractivity contribution in [1.29, 1.82) is 0 Å². The third-order valence-electron chi connectivity index (χ3n) is 4.17. The Morgan fingerprint density at radius 2 is 1.92 bits per heavy atom. The average Bonchev–Trinajstić information content (AvgIpc) is 2.68. The van der Waals surface area contributed by atoms with Crippen LogP contribution in [0.15, 0.2) is 73.1 Å². The van der Waals surface area contributed by atoms with Crippen molar-refractivity contribution < 1.29 is 19.3 Å². The van der Waals surface area contributed by atoms with E-state index in [4.69, 9.17) is 14.2 Å². The van der Waals surface area contributed by atoms with Gasteiger partial charge in [-0.15, -0.1) is 0 Å². The molecular formula is C21H19NO4. The molecule has 26 heavy (non-hydrogen) atoms. The van der Waals surface area contributed by atoms with Gasteiger partial charge in [0.1, 0.15) is 23.9 Å². The van der Waals surface area contributed by atoms with E-state index in [1.54, 1.807) is 30.6 Å². The molecule has 0 amide bonds. The van der Waals surface area contributed by atoms with Crippen LogP contribution in [0.3, 0.4) is 0 Å². The molecular weight excluding hydrogens is 330 g/mol. The Bertz CT molecular complexity index is 854. The summed E-state index contributed by atoms with van der Waals surface area (Å²) >= 11 is 0. The molecule has 0 fully saturated rings. The van der Waals surface area contributed by atoms with E-state index >= 15 is 0 Å². The molecule has 0 bridgehead atoms. The topological polar surface area (TPSA) is 60.8 Å². The molecule has 5 nitrogen and oxygen atoms in total. The quantitative estimate of drug-likeness (QED) is 0.757. The van der Waals surface area contributed by atoms with Gasteiger partial charge in [0.15, 0.2) is 0 Å². The van der Waals surface area contributed by atoms with Crippen LogP contribution in [0.4, 0.5) is 0 Å². The molecule has 0 aliphatic carbocycles. The van der Waals surface area contributed by atoms with Gasteiger partial charge in [-0.25, -0.2) is 0 Å². The SMILES string of the molecule is OC1CC(Oc2cccnc2)Oc2cc(OCc3ccccc3)ccc21. The molecule has 1 N–H and O–H groups in total. The van der Waals surface area contributed by atoms with Gasteiger partial charge in [-0.1, -0.05) is 30.3 Å². The summed E-state index contributed by atoms with van der Waals surface area (Å²) in [7, 11) is 0. The fraction of sp³-hybridized carbons (Fsp3) is 0.190. The number of aliphatic hydroxyl groups excluding tert-OH is 1. The highest BCUT2D eigenvalue weighted by Crippen LogP contribution is 2.37. The number of hydrogen-bond donors (Lipinski definition) is 1. The van der Waals surface area contributed by atoms with Crippen LogP contribution >= 0.6 is 0 Å². The van der Waals surface area contributed by atoms with Crippen LogP contribution in [0.25, 0.3) is 0 Å². The van der Waals surface area contributed by atoms with Crippen molar-refractivity contribution in [1.82, 2.24) is 4.98 Å². The minimum Gasteiger partial charge on any atom is -0.489 e. The van der Waals surface area contributed by atoms with E-state index in [1.165, 1.54) is 0 Å². The van der Waals surface area contributed by atoms with Crippen LogP contribution in [-0.4, -0.2) is 16.4 Å². The molecule has 0 spiro atoms. The lowest BCUT2D eigenvalue weighted by atomic mass is 10.0. The summed E-state index contributed by atoms with van der Waals surface area (Å²) in [4.78, 5) is 4.02. The zero-order valence-corrected chi connectivity index (χ0v) is 14.1. The molecule has 3 aromatic rings. The molecule has 1 aliphatic rings. The first-order valence-electron chi connectivity index (χ1n) is 8.50. The second-order valence-corrected chi connectivity index (χ2v) is 6.08. The summed E-state index contributed by atoms with van der Waals surface area (Å²) in [6.45, 7) is 0.470. The molecule has 2 unspecified atom stereocenters. The fourth-order valence-corrected chi connectivity index (χ4v) is 2.86. The molecule has 2 atom stereocenters. The summed E-state index contributed by atoms with van der Waals surface area (Å²) < 4.78 is 17.5. The average molecular weight is 349 g/mol. The summed E-state index contributed by atoms with van der Waals surface area (Å²) in [5, 5.41) is 10.4. The molecule has 4 rings (SSSR count). The summed E-state index contributed by atoms with van der Waals surface area (Å²) in [6.07, 6.45) is 2.42. The van der Waals surface area contributed by atoms with Crippen LogP contribution in [0.1, 0.15) is 23.7 Å². The summed E-state index contributed by atoms with van der Waals surface area (Å²) in [6, 6.07) is 19.0. The van der Waals surface area contributed by atoms with Crippen LogP contribution in [0.5, 0.6) is 17.2 Å². The van der Waals surface area contributed by atoms with Gasteiger partial charge >= 0.3 is 0 Å². The molecule has 132 valence electrons.